The number of aliphatic hydroxyl groups excluding tert-OH is 1. The summed E-state index contributed by atoms with van der Waals surface area (Å²) in [5.74, 6) is 5.64. The monoisotopic (exact) mass is 260 g/mol. The summed E-state index contributed by atoms with van der Waals surface area (Å²) in [6, 6.07) is 0. The Morgan fingerprint density at radius 2 is 2.43 bits per heavy atom. The molecular formula is C9H13BrN2O2. The molecule has 1 rings (SSSR count). The Kier molecular flexibility index (Phi) is 3.74. The summed E-state index contributed by atoms with van der Waals surface area (Å²) in [6.45, 7) is 3.69. The Morgan fingerprint density at radius 3 is 2.86 bits per heavy atom. The normalized spacial score (nSPS) is 21.9. The van der Waals surface area contributed by atoms with Crippen molar-refractivity contribution in [3.05, 3.63) is 34.2 Å². The van der Waals surface area contributed by atoms with Crippen molar-refractivity contribution in [1.29, 1.82) is 0 Å². The molecule has 4 nitrogen and oxygen atoms in total. The molecule has 14 heavy (non-hydrogen) atoms. The Bertz CT molecular complexity index is 310. The number of nitrogens with two attached hydrogens (primary N) is 2. The van der Waals surface area contributed by atoms with Crippen LogP contribution in [0.4, 0.5) is 0 Å². The third kappa shape index (κ3) is 2.17. The second kappa shape index (κ2) is 4.63. The molecule has 5 N–H and O–H groups in total. The maximum atomic E-state index is 9.04. The lowest BCUT2D eigenvalue weighted by molar-refractivity contribution is 0.216. The highest BCUT2D eigenvalue weighted by atomic mass is 79.9. The molecule has 1 atom stereocenters. The van der Waals surface area contributed by atoms with E-state index in [9.17, 15) is 0 Å². The number of allylic oxidation sites excluding steroid dienone is 2. The van der Waals surface area contributed by atoms with Crippen LogP contribution in [-0.2, 0) is 4.84 Å². The molecule has 0 saturated heterocycles. The average Bonchev–Trinajstić information content (AvgIpc) is 2.16. The fraction of sp³-hybridized carbons (Fsp3) is 0.333. The number of aliphatic hydroxyl groups is 1. The summed E-state index contributed by atoms with van der Waals surface area (Å²) in [5.41, 5.74) is 6.74. The molecule has 0 spiro atoms. The molecule has 0 aliphatic heterocycles. The first kappa shape index (κ1) is 11.3. The van der Waals surface area contributed by atoms with Crippen LogP contribution in [0.15, 0.2) is 34.2 Å². The first-order chi connectivity index (χ1) is 6.60. The van der Waals surface area contributed by atoms with Crippen LogP contribution in [0.1, 0.15) is 6.42 Å². The molecule has 0 radical (unpaired) electrons. The van der Waals surface area contributed by atoms with Gasteiger partial charge >= 0.3 is 0 Å². The van der Waals surface area contributed by atoms with Crippen molar-refractivity contribution in [1.82, 2.24) is 0 Å². The molecular weight excluding hydrogens is 248 g/mol. The summed E-state index contributed by atoms with van der Waals surface area (Å²) in [7, 11) is 0. The van der Waals surface area contributed by atoms with E-state index in [0.29, 0.717) is 22.4 Å². The van der Waals surface area contributed by atoms with Gasteiger partial charge in [0.05, 0.1) is 4.48 Å². The zero-order chi connectivity index (χ0) is 10.7. The van der Waals surface area contributed by atoms with Crippen molar-refractivity contribution < 1.29 is 9.94 Å². The largest absolute Gasteiger partial charge is 0.410 e. The van der Waals surface area contributed by atoms with E-state index in [-0.39, 0.29) is 12.5 Å². The predicted octanol–water partition coefficient (Wildman–Crippen LogP) is 0.894. The van der Waals surface area contributed by atoms with Crippen LogP contribution in [0.2, 0.25) is 0 Å². The van der Waals surface area contributed by atoms with E-state index in [4.69, 9.17) is 21.6 Å². The minimum absolute atomic E-state index is 0.0265. The quantitative estimate of drug-likeness (QED) is 0.659. The summed E-state index contributed by atoms with van der Waals surface area (Å²) in [4.78, 5) is 4.71. The van der Waals surface area contributed by atoms with Crippen molar-refractivity contribution in [2.45, 2.75) is 6.42 Å². The van der Waals surface area contributed by atoms with Gasteiger partial charge in [-0.15, -0.1) is 0 Å². The third-order valence-corrected chi connectivity index (χ3v) is 2.70. The van der Waals surface area contributed by atoms with E-state index in [2.05, 4.69) is 22.5 Å². The van der Waals surface area contributed by atoms with E-state index in [1.165, 1.54) is 0 Å². The Balaban J connectivity index is 3.05. The second-order valence-corrected chi connectivity index (χ2v) is 3.97. The van der Waals surface area contributed by atoms with Gasteiger partial charge in [-0.2, -0.15) is 5.90 Å². The molecule has 1 aliphatic carbocycles. The SMILES string of the molecule is C=C(N)C1=C(ON)C(Br)=CC(CO)C1. The van der Waals surface area contributed by atoms with Crippen LogP contribution >= 0.6 is 15.9 Å². The van der Waals surface area contributed by atoms with Crippen LogP contribution in [0.5, 0.6) is 0 Å². The number of halogens is 1. The fourth-order valence-electron chi connectivity index (χ4n) is 1.36. The number of rotatable bonds is 3. The van der Waals surface area contributed by atoms with Crippen LogP contribution < -0.4 is 11.6 Å². The van der Waals surface area contributed by atoms with Crippen molar-refractivity contribution in [2.75, 3.05) is 6.61 Å². The second-order valence-electron chi connectivity index (χ2n) is 3.11. The zero-order valence-electron chi connectivity index (χ0n) is 7.66. The Hall–Kier alpha value is -0.780. The molecule has 0 saturated carbocycles. The molecule has 0 fully saturated rings. The van der Waals surface area contributed by atoms with Gasteiger partial charge in [-0.05, 0) is 22.4 Å². The Labute approximate surface area is 91.0 Å². The molecule has 0 aromatic rings. The molecule has 0 bridgehead atoms. The summed E-state index contributed by atoms with van der Waals surface area (Å²) in [5, 5.41) is 9.04. The maximum absolute atomic E-state index is 9.04. The third-order valence-electron chi connectivity index (χ3n) is 2.08. The van der Waals surface area contributed by atoms with Gasteiger partial charge in [0.1, 0.15) is 0 Å². The first-order valence-electron chi connectivity index (χ1n) is 4.13. The lowest BCUT2D eigenvalue weighted by Gasteiger charge is -2.21. The first-order valence-corrected chi connectivity index (χ1v) is 4.92. The van der Waals surface area contributed by atoms with E-state index in [1.54, 1.807) is 0 Å². The topological polar surface area (TPSA) is 81.5 Å². The molecule has 1 unspecified atom stereocenters. The van der Waals surface area contributed by atoms with Crippen LogP contribution in [0.25, 0.3) is 0 Å². The van der Waals surface area contributed by atoms with Crippen molar-refractivity contribution in [3.63, 3.8) is 0 Å². The van der Waals surface area contributed by atoms with E-state index in [1.807, 2.05) is 6.08 Å². The lowest BCUT2D eigenvalue weighted by atomic mass is 9.92. The van der Waals surface area contributed by atoms with Crippen LogP contribution in [0.3, 0.4) is 0 Å². The molecule has 0 aromatic heterocycles. The summed E-state index contributed by atoms with van der Waals surface area (Å²) in [6.07, 6.45) is 2.43. The van der Waals surface area contributed by atoms with Gasteiger partial charge in [0.25, 0.3) is 0 Å². The lowest BCUT2D eigenvalue weighted by Crippen LogP contribution is -2.17. The van der Waals surface area contributed by atoms with Gasteiger partial charge in [0.15, 0.2) is 5.76 Å². The summed E-state index contributed by atoms with van der Waals surface area (Å²) >= 11 is 3.30. The van der Waals surface area contributed by atoms with Gasteiger partial charge < -0.3 is 15.7 Å². The molecule has 5 heteroatoms. The fourth-order valence-corrected chi connectivity index (χ4v) is 2.07. The molecule has 0 heterocycles. The smallest absolute Gasteiger partial charge is 0.165 e. The van der Waals surface area contributed by atoms with Gasteiger partial charge in [-0.25, -0.2) is 0 Å². The van der Waals surface area contributed by atoms with Gasteiger partial charge in [-0.3, -0.25) is 0 Å². The molecule has 0 aromatic carbocycles. The highest BCUT2D eigenvalue weighted by molar-refractivity contribution is 9.11. The van der Waals surface area contributed by atoms with Crippen molar-refractivity contribution in [3.8, 4) is 0 Å². The zero-order valence-corrected chi connectivity index (χ0v) is 9.25. The number of hydrogen-bond acceptors (Lipinski definition) is 4. The maximum Gasteiger partial charge on any atom is 0.165 e. The van der Waals surface area contributed by atoms with Crippen molar-refractivity contribution in [2.24, 2.45) is 17.5 Å². The van der Waals surface area contributed by atoms with E-state index in [0.717, 1.165) is 5.57 Å². The molecule has 0 amide bonds. The molecule has 78 valence electrons. The van der Waals surface area contributed by atoms with Crippen molar-refractivity contribution >= 4 is 15.9 Å². The highest BCUT2D eigenvalue weighted by Crippen LogP contribution is 2.33. The van der Waals surface area contributed by atoms with Gasteiger partial charge in [0.2, 0.25) is 0 Å². The minimum atomic E-state index is 0.0265. The minimum Gasteiger partial charge on any atom is -0.410 e. The van der Waals surface area contributed by atoms with E-state index >= 15 is 0 Å². The van der Waals surface area contributed by atoms with Gasteiger partial charge in [0, 0.05) is 23.8 Å². The van der Waals surface area contributed by atoms with Crippen LogP contribution in [0, 0.1) is 5.92 Å². The average molecular weight is 261 g/mol. The van der Waals surface area contributed by atoms with Gasteiger partial charge in [-0.1, -0.05) is 12.7 Å². The molecule has 1 aliphatic rings. The number of hydrogen-bond donors (Lipinski definition) is 3. The van der Waals surface area contributed by atoms with E-state index < -0.39 is 0 Å². The standard InChI is InChI=1S/C9H13BrN2O2/c1-5(11)7-2-6(4-13)3-8(10)9(7)14-12/h3,6,13H,1-2,4,11-12H2. The Morgan fingerprint density at radius 1 is 1.79 bits per heavy atom. The van der Waals surface area contributed by atoms with Crippen LogP contribution in [-0.4, -0.2) is 11.7 Å². The summed E-state index contributed by atoms with van der Waals surface area (Å²) < 4.78 is 0.701. The highest BCUT2D eigenvalue weighted by Gasteiger charge is 2.22. The predicted molar refractivity (Wildman–Crippen MR) is 57.8 cm³/mol.